The highest BCUT2D eigenvalue weighted by Crippen LogP contribution is 2.36. The molecule has 3 aromatic heterocycles. The number of ether oxygens (including phenoxy) is 1. The fourth-order valence-corrected chi connectivity index (χ4v) is 6.09. The number of rotatable bonds is 5. The Morgan fingerprint density at radius 1 is 1.24 bits per heavy atom. The SMILES string of the molecule is O=C(O)[C@H]1CCCN(Cc2cc3nc(-c4cccc5[nH]ncc45)nc(N4CCOCC4)c3s2)C1. The van der Waals surface area contributed by atoms with Crippen molar-refractivity contribution in [1.29, 1.82) is 0 Å². The zero-order valence-electron chi connectivity index (χ0n) is 18.7. The molecule has 0 radical (unpaired) electrons. The van der Waals surface area contributed by atoms with Crippen molar-refractivity contribution in [2.75, 3.05) is 44.3 Å². The van der Waals surface area contributed by atoms with Crippen molar-refractivity contribution in [3.05, 3.63) is 35.3 Å². The summed E-state index contributed by atoms with van der Waals surface area (Å²) in [7, 11) is 0. The molecule has 176 valence electrons. The van der Waals surface area contributed by atoms with E-state index in [1.807, 2.05) is 24.4 Å². The number of H-pyrrole nitrogens is 1. The first kappa shape index (κ1) is 21.5. The number of fused-ring (bicyclic) bond motifs is 2. The van der Waals surface area contributed by atoms with Crippen LogP contribution in [0, 0.1) is 5.92 Å². The maximum Gasteiger partial charge on any atom is 0.307 e. The van der Waals surface area contributed by atoms with E-state index < -0.39 is 5.97 Å². The van der Waals surface area contributed by atoms with Crippen molar-refractivity contribution in [3.63, 3.8) is 0 Å². The van der Waals surface area contributed by atoms with Gasteiger partial charge >= 0.3 is 5.97 Å². The lowest BCUT2D eigenvalue weighted by Gasteiger charge is -2.30. The number of aromatic amines is 1. The molecule has 1 aromatic carbocycles. The Labute approximate surface area is 200 Å². The summed E-state index contributed by atoms with van der Waals surface area (Å²) >= 11 is 1.71. The topological polar surface area (TPSA) is 107 Å². The highest BCUT2D eigenvalue weighted by Gasteiger charge is 2.26. The van der Waals surface area contributed by atoms with Gasteiger partial charge in [-0.05, 0) is 31.5 Å². The molecular formula is C24H26N6O3S. The second-order valence-electron chi connectivity index (χ2n) is 8.95. The van der Waals surface area contributed by atoms with Crippen molar-refractivity contribution in [1.82, 2.24) is 25.1 Å². The predicted octanol–water partition coefficient (Wildman–Crippen LogP) is 3.37. The zero-order valence-corrected chi connectivity index (χ0v) is 19.6. The standard InChI is InChI=1S/C24H26N6O3S/c31-24(32)15-3-2-6-29(13-15)14-16-11-20-21(34-16)23(30-7-9-33-10-8-30)27-22(26-20)17-4-1-5-19-18(17)12-25-28-19/h1,4-5,11-12,15H,2-3,6-10,13-14H2,(H,25,28)(H,31,32)/t15-/m0/s1. The number of anilines is 1. The van der Waals surface area contributed by atoms with Gasteiger partial charge in [0.15, 0.2) is 11.6 Å². The molecule has 5 heterocycles. The van der Waals surface area contributed by atoms with Crippen molar-refractivity contribution in [2.45, 2.75) is 19.4 Å². The van der Waals surface area contributed by atoms with Gasteiger partial charge in [0.2, 0.25) is 0 Å². The molecule has 2 aliphatic rings. The van der Waals surface area contributed by atoms with E-state index in [0.717, 1.165) is 71.5 Å². The first-order valence-electron chi connectivity index (χ1n) is 11.7. The van der Waals surface area contributed by atoms with Crippen LogP contribution in [0.15, 0.2) is 30.5 Å². The van der Waals surface area contributed by atoms with Gasteiger partial charge in [0.25, 0.3) is 0 Å². The van der Waals surface area contributed by atoms with Gasteiger partial charge in [-0.15, -0.1) is 11.3 Å². The van der Waals surface area contributed by atoms with Gasteiger partial charge in [0, 0.05) is 42.0 Å². The first-order chi connectivity index (χ1) is 16.7. The van der Waals surface area contributed by atoms with Gasteiger partial charge in [-0.25, -0.2) is 9.97 Å². The average Bonchev–Trinajstić information content (AvgIpc) is 3.50. The number of carbonyl (C=O) groups is 1. The minimum atomic E-state index is -0.695. The number of carboxylic acid groups (broad SMARTS) is 1. The van der Waals surface area contributed by atoms with E-state index in [9.17, 15) is 9.90 Å². The number of aromatic nitrogens is 4. The van der Waals surface area contributed by atoms with E-state index in [4.69, 9.17) is 14.7 Å². The van der Waals surface area contributed by atoms with Crippen LogP contribution in [-0.4, -0.2) is 75.5 Å². The van der Waals surface area contributed by atoms with Gasteiger partial charge in [0.05, 0.1) is 41.1 Å². The number of aliphatic carboxylic acids is 1. The maximum absolute atomic E-state index is 11.5. The molecule has 0 bridgehead atoms. The van der Waals surface area contributed by atoms with Crippen LogP contribution in [0.1, 0.15) is 17.7 Å². The summed E-state index contributed by atoms with van der Waals surface area (Å²) in [5.74, 6) is 0.657. The quantitative estimate of drug-likeness (QED) is 0.450. The van der Waals surface area contributed by atoms with Gasteiger partial charge < -0.3 is 14.7 Å². The molecule has 6 rings (SSSR count). The molecule has 2 N–H and O–H groups in total. The summed E-state index contributed by atoms with van der Waals surface area (Å²) in [4.78, 5) is 27.2. The smallest absolute Gasteiger partial charge is 0.307 e. The minimum Gasteiger partial charge on any atom is -0.481 e. The molecule has 2 fully saturated rings. The lowest BCUT2D eigenvalue weighted by atomic mass is 9.98. The molecule has 2 aliphatic heterocycles. The van der Waals surface area contributed by atoms with Crippen molar-refractivity contribution < 1.29 is 14.6 Å². The highest BCUT2D eigenvalue weighted by molar-refractivity contribution is 7.19. The fourth-order valence-electron chi connectivity index (χ4n) is 4.94. The number of hydrogen-bond donors (Lipinski definition) is 2. The minimum absolute atomic E-state index is 0.283. The third-order valence-electron chi connectivity index (χ3n) is 6.68. The Balaban J connectivity index is 1.40. The number of carboxylic acids is 1. The van der Waals surface area contributed by atoms with Gasteiger partial charge in [0.1, 0.15) is 0 Å². The largest absolute Gasteiger partial charge is 0.481 e. The molecular weight excluding hydrogens is 452 g/mol. The summed E-state index contributed by atoms with van der Waals surface area (Å²) < 4.78 is 6.66. The van der Waals surface area contributed by atoms with E-state index in [1.54, 1.807) is 11.3 Å². The Morgan fingerprint density at radius 2 is 2.12 bits per heavy atom. The molecule has 1 atom stereocenters. The van der Waals surface area contributed by atoms with Crippen molar-refractivity contribution in [3.8, 4) is 11.4 Å². The van der Waals surface area contributed by atoms with Crippen LogP contribution in [0.4, 0.5) is 5.82 Å². The normalized spacial score (nSPS) is 19.8. The molecule has 0 spiro atoms. The average molecular weight is 479 g/mol. The molecule has 0 aliphatic carbocycles. The number of nitrogens with one attached hydrogen (secondary N) is 1. The van der Waals surface area contributed by atoms with Crippen LogP contribution < -0.4 is 4.90 Å². The van der Waals surface area contributed by atoms with Crippen LogP contribution in [-0.2, 0) is 16.1 Å². The second kappa shape index (κ2) is 8.94. The Kier molecular flexibility index (Phi) is 5.64. The van der Waals surface area contributed by atoms with Gasteiger partial charge in [-0.1, -0.05) is 12.1 Å². The number of likely N-dealkylation sites (tertiary alicyclic amines) is 1. The maximum atomic E-state index is 11.5. The molecule has 4 aromatic rings. The summed E-state index contributed by atoms with van der Waals surface area (Å²) in [6.07, 6.45) is 3.49. The summed E-state index contributed by atoms with van der Waals surface area (Å²) in [5, 5.41) is 17.7. The van der Waals surface area contributed by atoms with Crippen LogP contribution in [0.5, 0.6) is 0 Å². The van der Waals surface area contributed by atoms with E-state index in [-0.39, 0.29) is 5.92 Å². The molecule has 9 nitrogen and oxygen atoms in total. The summed E-state index contributed by atoms with van der Waals surface area (Å²) in [5.41, 5.74) is 2.84. The van der Waals surface area contributed by atoms with E-state index in [0.29, 0.717) is 25.6 Å². The molecule has 0 saturated carbocycles. The third-order valence-corrected chi connectivity index (χ3v) is 7.78. The zero-order chi connectivity index (χ0) is 23.1. The van der Waals surface area contributed by atoms with Crippen LogP contribution in [0.2, 0.25) is 0 Å². The van der Waals surface area contributed by atoms with E-state index >= 15 is 0 Å². The lowest BCUT2D eigenvalue weighted by Crippen LogP contribution is -2.37. The van der Waals surface area contributed by atoms with Crippen LogP contribution in [0.25, 0.3) is 32.5 Å². The number of thiophene rings is 1. The van der Waals surface area contributed by atoms with Gasteiger partial charge in [-0.3, -0.25) is 14.8 Å². The monoisotopic (exact) mass is 478 g/mol. The molecule has 0 amide bonds. The number of piperidine rings is 1. The number of morpholine rings is 1. The molecule has 34 heavy (non-hydrogen) atoms. The second-order valence-corrected chi connectivity index (χ2v) is 10.1. The fraction of sp³-hybridized carbons (Fsp3) is 0.417. The Bertz CT molecular complexity index is 1350. The van der Waals surface area contributed by atoms with E-state index in [2.05, 4.69) is 26.1 Å². The van der Waals surface area contributed by atoms with Crippen molar-refractivity contribution >= 4 is 44.2 Å². The summed E-state index contributed by atoms with van der Waals surface area (Å²) in [6, 6.07) is 8.18. The predicted molar refractivity (Wildman–Crippen MR) is 131 cm³/mol. The number of hydrogen-bond acceptors (Lipinski definition) is 8. The number of benzene rings is 1. The van der Waals surface area contributed by atoms with Gasteiger partial charge in [-0.2, -0.15) is 5.10 Å². The summed E-state index contributed by atoms with van der Waals surface area (Å²) in [6.45, 7) is 5.21. The van der Waals surface area contributed by atoms with E-state index in [1.165, 1.54) is 4.88 Å². The van der Waals surface area contributed by atoms with Crippen LogP contribution in [0.3, 0.4) is 0 Å². The molecule has 10 heteroatoms. The van der Waals surface area contributed by atoms with Crippen LogP contribution >= 0.6 is 11.3 Å². The molecule has 0 unspecified atom stereocenters. The number of nitrogens with zero attached hydrogens (tertiary/aromatic N) is 5. The Morgan fingerprint density at radius 3 is 2.97 bits per heavy atom. The molecule has 2 saturated heterocycles. The Hall–Kier alpha value is -3.08. The highest BCUT2D eigenvalue weighted by atomic mass is 32.1. The third kappa shape index (κ3) is 4.02. The van der Waals surface area contributed by atoms with Crippen molar-refractivity contribution in [2.24, 2.45) is 5.92 Å². The lowest BCUT2D eigenvalue weighted by molar-refractivity contribution is -0.143. The first-order valence-corrected chi connectivity index (χ1v) is 12.5.